The SMILES string of the molecule is CCCNc1snnc1CN1CCC(C(C)(C)C)CC1. The first-order valence-corrected chi connectivity index (χ1v) is 8.55. The molecule has 0 spiro atoms. The summed E-state index contributed by atoms with van der Waals surface area (Å²) in [5.41, 5.74) is 1.57. The standard InChI is InChI=1S/C15H28N4S/c1-5-8-16-14-13(17-18-20-14)11-19-9-6-12(7-10-19)15(2,3)4/h12,16H,5-11H2,1-4H3. The number of hydrogen-bond donors (Lipinski definition) is 1. The molecule has 114 valence electrons. The minimum atomic E-state index is 0.447. The third-order valence-electron chi connectivity index (χ3n) is 4.28. The number of anilines is 1. The maximum Gasteiger partial charge on any atom is 0.134 e. The fourth-order valence-corrected chi connectivity index (χ4v) is 3.45. The summed E-state index contributed by atoms with van der Waals surface area (Å²) in [7, 11) is 0. The molecular formula is C15H28N4S. The largest absolute Gasteiger partial charge is 0.374 e. The average molecular weight is 296 g/mol. The Hall–Kier alpha value is -0.680. The van der Waals surface area contributed by atoms with Gasteiger partial charge in [0.1, 0.15) is 10.7 Å². The van der Waals surface area contributed by atoms with Crippen LogP contribution < -0.4 is 5.32 Å². The van der Waals surface area contributed by atoms with Gasteiger partial charge in [0.25, 0.3) is 0 Å². The van der Waals surface area contributed by atoms with Crippen LogP contribution in [0.25, 0.3) is 0 Å². The van der Waals surface area contributed by atoms with Crippen molar-refractivity contribution in [2.75, 3.05) is 25.0 Å². The molecule has 1 aromatic heterocycles. The van der Waals surface area contributed by atoms with Gasteiger partial charge >= 0.3 is 0 Å². The topological polar surface area (TPSA) is 41.1 Å². The van der Waals surface area contributed by atoms with Gasteiger partial charge in [0.2, 0.25) is 0 Å². The van der Waals surface area contributed by atoms with Crippen LogP contribution in [0.1, 0.15) is 52.7 Å². The van der Waals surface area contributed by atoms with Crippen molar-refractivity contribution in [1.29, 1.82) is 0 Å². The second-order valence-electron chi connectivity index (χ2n) is 6.89. The predicted molar refractivity (Wildman–Crippen MR) is 86.1 cm³/mol. The maximum atomic E-state index is 4.30. The van der Waals surface area contributed by atoms with Gasteiger partial charge < -0.3 is 5.32 Å². The second-order valence-corrected chi connectivity index (χ2v) is 7.65. The molecule has 1 aliphatic rings. The lowest BCUT2D eigenvalue weighted by Gasteiger charge is -2.38. The lowest BCUT2D eigenvalue weighted by Crippen LogP contribution is -2.37. The van der Waals surface area contributed by atoms with E-state index in [2.05, 4.69) is 47.5 Å². The summed E-state index contributed by atoms with van der Waals surface area (Å²) in [6.07, 6.45) is 3.74. The zero-order valence-corrected chi connectivity index (χ0v) is 14.1. The molecule has 20 heavy (non-hydrogen) atoms. The molecule has 1 saturated heterocycles. The van der Waals surface area contributed by atoms with Gasteiger partial charge in [-0.25, -0.2) is 0 Å². The van der Waals surface area contributed by atoms with Crippen LogP contribution >= 0.6 is 11.5 Å². The molecule has 2 rings (SSSR count). The van der Waals surface area contributed by atoms with Gasteiger partial charge in [0.15, 0.2) is 0 Å². The molecule has 0 bridgehead atoms. The van der Waals surface area contributed by atoms with Crippen molar-refractivity contribution in [3.8, 4) is 0 Å². The summed E-state index contributed by atoms with van der Waals surface area (Å²) >= 11 is 1.48. The molecule has 0 aliphatic carbocycles. The third kappa shape index (κ3) is 4.16. The second kappa shape index (κ2) is 6.85. The van der Waals surface area contributed by atoms with E-state index in [-0.39, 0.29) is 0 Å². The van der Waals surface area contributed by atoms with E-state index in [1.165, 1.54) is 37.5 Å². The monoisotopic (exact) mass is 296 g/mol. The first-order chi connectivity index (χ1) is 9.50. The van der Waals surface area contributed by atoms with Crippen molar-refractivity contribution in [3.63, 3.8) is 0 Å². The Labute approximate surface area is 127 Å². The van der Waals surface area contributed by atoms with Crippen molar-refractivity contribution in [2.24, 2.45) is 11.3 Å². The fourth-order valence-electron chi connectivity index (χ4n) is 2.85. The van der Waals surface area contributed by atoms with Gasteiger partial charge in [-0.3, -0.25) is 4.90 Å². The summed E-state index contributed by atoms with van der Waals surface area (Å²) in [5.74, 6) is 0.852. The highest BCUT2D eigenvalue weighted by atomic mass is 32.1. The molecule has 1 aliphatic heterocycles. The first kappa shape index (κ1) is 15.7. The van der Waals surface area contributed by atoms with Crippen molar-refractivity contribution in [3.05, 3.63) is 5.69 Å². The minimum absolute atomic E-state index is 0.447. The summed E-state index contributed by atoms with van der Waals surface area (Å²) in [4.78, 5) is 2.52. The van der Waals surface area contributed by atoms with Gasteiger partial charge in [0.05, 0.1) is 0 Å². The van der Waals surface area contributed by atoms with E-state index in [0.29, 0.717) is 5.41 Å². The summed E-state index contributed by atoms with van der Waals surface area (Å²) < 4.78 is 4.10. The quantitative estimate of drug-likeness (QED) is 0.901. The summed E-state index contributed by atoms with van der Waals surface area (Å²) in [5, 5.41) is 8.88. The van der Waals surface area contributed by atoms with E-state index in [9.17, 15) is 0 Å². The molecule has 4 nitrogen and oxygen atoms in total. The number of nitrogens with zero attached hydrogens (tertiary/aromatic N) is 3. The molecule has 1 N–H and O–H groups in total. The summed E-state index contributed by atoms with van der Waals surface area (Å²) in [6.45, 7) is 13.6. The van der Waals surface area contributed by atoms with Gasteiger partial charge in [-0.2, -0.15) is 0 Å². The number of likely N-dealkylation sites (tertiary alicyclic amines) is 1. The minimum Gasteiger partial charge on any atom is -0.374 e. The number of rotatable bonds is 5. The van der Waals surface area contributed by atoms with Crippen molar-refractivity contribution < 1.29 is 0 Å². The van der Waals surface area contributed by atoms with Crippen LogP contribution in [0.2, 0.25) is 0 Å². The zero-order chi connectivity index (χ0) is 14.6. The molecule has 1 aromatic rings. The molecule has 0 atom stereocenters. The smallest absolute Gasteiger partial charge is 0.134 e. The normalized spacial score (nSPS) is 18.4. The van der Waals surface area contributed by atoms with E-state index in [4.69, 9.17) is 0 Å². The Balaban J connectivity index is 1.85. The molecule has 0 unspecified atom stereocenters. The Morgan fingerprint density at radius 2 is 2.00 bits per heavy atom. The van der Waals surface area contributed by atoms with Crippen LogP contribution in [0.15, 0.2) is 0 Å². The predicted octanol–water partition coefficient (Wildman–Crippen LogP) is 3.62. The van der Waals surface area contributed by atoms with Crippen LogP contribution in [0.3, 0.4) is 0 Å². The summed E-state index contributed by atoms with van der Waals surface area (Å²) in [6, 6.07) is 0. The number of nitrogens with one attached hydrogen (secondary N) is 1. The van der Waals surface area contributed by atoms with Crippen molar-refractivity contribution in [2.45, 2.75) is 53.5 Å². The van der Waals surface area contributed by atoms with Gasteiger partial charge in [0, 0.05) is 24.6 Å². The van der Waals surface area contributed by atoms with E-state index >= 15 is 0 Å². The van der Waals surface area contributed by atoms with Crippen LogP contribution in [-0.2, 0) is 6.54 Å². The first-order valence-electron chi connectivity index (χ1n) is 7.78. The molecule has 0 radical (unpaired) electrons. The van der Waals surface area contributed by atoms with Crippen molar-refractivity contribution >= 4 is 16.5 Å². The fraction of sp³-hybridized carbons (Fsp3) is 0.867. The molecule has 0 saturated carbocycles. The number of hydrogen-bond acceptors (Lipinski definition) is 5. The van der Waals surface area contributed by atoms with Gasteiger partial charge in [-0.1, -0.05) is 32.2 Å². The van der Waals surface area contributed by atoms with Gasteiger partial charge in [-0.15, -0.1) is 5.10 Å². The molecular weight excluding hydrogens is 268 g/mol. The van der Waals surface area contributed by atoms with E-state index < -0.39 is 0 Å². The maximum absolute atomic E-state index is 4.30. The van der Waals surface area contributed by atoms with E-state index in [0.717, 1.165) is 36.1 Å². The lowest BCUT2D eigenvalue weighted by atomic mass is 9.75. The van der Waals surface area contributed by atoms with Crippen LogP contribution in [-0.4, -0.2) is 34.1 Å². The Kier molecular flexibility index (Phi) is 5.38. The average Bonchev–Trinajstić information content (AvgIpc) is 2.83. The van der Waals surface area contributed by atoms with Crippen LogP contribution in [0.4, 0.5) is 5.00 Å². The highest BCUT2D eigenvalue weighted by Crippen LogP contribution is 2.34. The zero-order valence-electron chi connectivity index (χ0n) is 13.3. The Bertz CT molecular complexity index is 402. The number of aromatic nitrogens is 2. The van der Waals surface area contributed by atoms with Crippen molar-refractivity contribution in [1.82, 2.24) is 14.5 Å². The highest BCUT2D eigenvalue weighted by Gasteiger charge is 2.29. The highest BCUT2D eigenvalue weighted by molar-refractivity contribution is 7.10. The van der Waals surface area contributed by atoms with E-state index in [1.54, 1.807) is 0 Å². The lowest BCUT2D eigenvalue weighted by molar-refractivity contribution is 0.107. The van der Waals surface area contributed by atoms with Crippen LogP contribution in [0.5, 0.6) is 0 Å². The van der Waals surface area contributed by atoms with E-state index in [1.807, 2.05) is 0 Å². The third-order valence-corrected chi connectivity index (χ3v) is 5.00. The Morgan fingerprint density at radius 3 is 2.60 bits per heavy atom. The molecule has 0 amide bonds. The molecule has 0 aromatic carbocycles. The van der Waals surface area contributed by atoms with Crippen LogP contribution in [0, 0.1) is 11.3 Å². The molecule has 1 fully saturated rings. The van der Waals surface area contributed by atoms with Gasteiger partial charge in [-0.05, 0) is 43.7 Å². The Morgan fingerprint density at radius 1 is 1.30 bits per heavy atom. The molecule has 5 heteroatoms. The molecule has 2 heterocycles. The number of piperidine rings is 1.